The summed E-state index contributed by atoms with van der Waals surface area (Å²) in [4.78, 5) is 0. The second-order valence-electron chi connectivity index (χ2n) is 0. The molecule has 4 heavy (non-hydrogen) atoms. The van der Waals surface area contributed by atoms with E-state index in [2.05, 4.69) is 0 Å². The smallest absolute Gasteiger partial charge is 0 e. The van der Waals surface area contributed by atoms with Crippen LogP contribution in [0.25, 0.3) is 0 Å². The fraction of sp³-hybridized carbons (Fsp3) is 0. The van der Waals surface area contributed by atoms with Gasteiger partial charge in [0.15, 0.2) is 0 Å². The van der Waals surface area contributed by atoms with Gasteiger partial charge in [0.25, 0.3) is 0 Å². The van der Waals surface area contributed by atoms with Crippen molar-refractivity contribution in [3.05, 3.63) is 0 Å². The van der Waals surface area contributed by atoms with Gasteiger partial charge in [-0.2, -0.15) is 0 Å². The van der Waals surface area contributed by atoms with Gasteiger partial charge < -0.3 is 0 Å². The molecule has 0 saturated heterocycles. The average molecular weight is 226 g/mol. The van der Waals surface area contributed by atoms with Crippen molar-refractivity contribution in [3.8, 4) is 0 Å². The first-order chi connectivity index (χ1) is 0. The number of hydrogen-bond acceptors (Lipinski definition) is 0. The Hall–Kier alpha value is 2.05. The summed E-state index contributed by atoms with van der Waals surface area (Å²) in [6.45, 7) is 0. The molecule has 4 heteroatoms. The molecule has 0 saturated carbocycles. The van der Waals surface area contributed by atoms with E-state index in [4.69, 9.17) is 0 Å². The van der Waals surface area contributed by atoms with E-state index in [-0.39, 0.29) is 67.7 Å². The van der Waals surface area contributed by atoms with Gasteiger partial charge in [0.1, 0.15) is 0 Å². The first kappa shape index (κ1) is 36.7. The van der Waals surface area contributed by atoms with Gasteiger partial charge in [0.2, 0.25) is 0 Å². The zero-order valence-electron chi connectivity index (χ0n) is 1.38. The van der Waals surface area contributed by atoms with Gasteiger partial charge in [-0.3, -0.25) is 0 Å². The van der Waals surface area contributed by atoms with Gasteiger partial charge in [-0.25, -0.2) is 0 Å². The maximum Gasteiger partial charge on any atom is 0 e. The Morgan fingerprint density at radius 2 is 0.500 bits per heavy atom. The van der Waals surface area contributed by atoms with Crippen LogP contribution in [-0.4, -0.2) is 0 Å². The van der Waals surface area contributed by atoms with Gasteiger partial charge in [-0.05, 0) is 0 Å². The van der Waals surface area contributed by atoms with E-state index in [1.54, 1.807) is 0 Å². The summed E-state index contributed by atoms with van der Waals surface area (Å²) < 4.78 is 0. The van der Waals surface area contributed by atoms with E-state index in [0.717, 1.165) is 0 Å². The third-order valence-electron chi connectivity index (χ3n) is 0. The zero-order valence-corrected chi connectivity index (χ0v) is 5.68. The van der Waals surface area contributed by atoms with E-state index in [1.807, 2.05) is 0 Å². The Balaban J connectivity index is 0. The van der Waals surface area contributed by atoms with Crippen LogP contribution in [0.4, 0.5) is 0 Å². The van der Waals surface area contributed by atoms with Gasteiger partial charge in [-0.15, -0.1) is 0 Å². The molecule has 0 heterocycles. The molecular weight excluding hydrogens is 226 g/mol. The van der Waals surface area contributed by atoms with Crippen molar-refractivity contribution in [1.82, 2.24) is 0 Å². The van der Waals surface area contributed by atoms with Gasteiger partial charge in [0.05, 0.1) is 0 Å². The molecule has 0 aliphatic carbocycles. The minimum Gasteiger partial charge on any atom is 0 e. The predicted molar refractivity (Wildman–Crippen MR) is 0 cm³/mol. The molecule has 0 aromatic rings. The molecule has 0 fully saturated rings. The Bertz CT molecular complexity index is 3.25. The van der Waals surface area contributed by atoms with Crippen LogP contribution < -0.4 is 0 Å². The van der Waals surface area contributed by atoms with Crippen LogP contribution in [0.3, 0.4) is 0 Å². The SMILES string of the molecule is [Fe].[Fe].[Fe].[Ni]. The van der Waals surface area contributed by atoms with Crippen LogP contribution >= 0.6 is 0 Å². The molecule has 0 nitrogen and oxygen atoms in total. The summed E-state index contributed by atoms with van der Waals surface area (Å²) in [5, 5.41) is 0. The summed E-state index contributed by atoms with van der Waals surface area (Å²) in [7, 11) is 0. The fourth-order valence-corrected chi connectivity index (χ4v) is 0. The molecular formula is Fe3Ni. The molecule has 0 spiro atoms. The molecule has 0 bridgehead atoms. The van der Waals surface area contributed by atoms with Gasteiger partial charge >= 0.3 is 0 Å². The summed E-state index contributed by atoms with van der Waals surface area (Å²) in [5.41, 5.74) is 0. The Kier molecular flexibility index (Phi) is 181. The van der Waals surface area contributed by atoms with Crippen LogP contribution in [0.2, 0.25) is 0 Å². The molecule has 0 amide bonds. The van der Waals surface area contributed by atoms with Crippen molar-refractivity contribution >= 4 is 0 Å². The third kappa shape index (κ3) is 8.96. The Morgan fingerprint density at radius 1 is 0.500 bits per heavy atom. The minimum atomic E-state index is 0. The largest absolute Gasteiger partial charge is 0 e. The minimum absolute atomic E-state index is 0. The molecule has 0 atom stereocenters. The van der Waals surface area contributed by atoms with E-state index >= 15 is 0 Å². The summed E-state index contributed by atoms with van der Waals surface area (Å²) in [5.74, 6) is 0. The van der Waals surface area contributed by atoms with E-state index in [0.29, 0.717) is 0 Å². The molecule has 34 valence electrons. The molecule has 0 unspecified atom stereocenters. The second-order valence-corrected chi connectivity index (χ2v) is 0. The summed E-state index contributed by atoms with van der Waals surface area (Å²) in [6, 6.07) is 0. The molecule has 0 aromatic heterocycles. The number of rotatable bonds is 0. The van der Waals surface area contributed by atoms with E-state index in [9.17, 15) is 0 Å². The maximum atomic E-state index is 0. The molecule has 0 aliphatic rings. The summed E-state index contributed by atoms with van der Waals surface area (Å²) in [6.07, 6.45) is 0. The molecule has 0 rings (SSSR count). The van der Waals surface area contributed by atoms with Crippen LogP contribution in [0.5, 0.6) is 0 Å². The van der Waals surface area contributed by atoms with Crippen LogP contribution in [-0.2, 0) is 67.7 Å². The van der Waals surface area contributed by atoms with Gasteiger partial charge in [0, 0.05) is 67.7 Å². The first-order valence-electron chi connectivity index (χ1n) is 0. The van der Waals surface area contributed by atoms with Crippen molar-refractivity contribution in [2.24, 2.45) is 0 Å². The zero-order chi connectivity index (χ0) is 0. The second kappa shape index (κ2) is 19.7. The standard InChI is InChI=1S/3Fe.Ni. The quantitative estimate of drug-likeness (QED) is 0.510. The van der Waals surface area contributed by atoms with Crippen LogP contribution in [0.1, 0.15) is 0 Å². The average Bonchev–Trinajstić information content (AvgIpc) is 0. The van der Waals surface area contributed by atoms with E-state index < -0.39 is 0 Å². The van der Waals surface area contributed by atoms with Crippen molar-refractivity contribution in [2.45, 2.75) is 0 Å². The number of hydrogen-bond donors (Lipinski definition) is 0. The van der Waals surface area contributed by atoms with Crippen LogP contribution in [0, 0.1) is 0 Å². The van der Waals surface area contributed by atoms with Crippen molar-refractivity contribution in [2.75, 3.05) is 0 Å². The van der Waals surface area contributed by atoms with Crippen molar-refractivity contribution in [3.63, 3.8) is 0 Å². The van der Waals surface area contributed by atoms with E-state index in [1.165, 1.54) is 0 Å². The van der Waals surface area contributed by atoms with Crippen LogP contribution in [0.15, 0.2) is 0 Å². The first-order valence-corrected chi connectivity index (χ1v) is 0. The monoisotopic (exact) mass is 226 g/mol. The topological polar surface area (TPSA) is 0 Å². The molecule has 0 radical (unpaired) electrons. The maximum absolute atomic E-state index is 0. The van der Waals surface area contributed by atoms with Crippen molar-refractivity contribution in [1.29, 1.82) is 0 Å². The normalized spacial score (nSPS) is 0. The third-order valence-corrected chi connectivity index (χ3v) is 0. The molecule has 0 aliphatic heterocycles. The predicted octanol–water partition coefficient (Wildman–Crippen LogP) is -0.0100. The molecule has 0 aromatic carbocycles. The Morgan fingerprint density at radius 3 is 0.500 bits per heavy atom. The molecule has 0 N–H and O–H groups in total. The fourth-order valence-electron chi connectivity index (χ4n) is 0. The van der Waals surface area contributed by atoms with Gasteiger partial charge in [-0.1, -0.05) is 0 Å². The summed E-state index contributed by atoms with van der Waals surface area (Å²) >= 11 is 0. The van der Waals surface area contributed by atoms with Crippen molar-refractivity contribution < 1.29 is 67.7 Å². The Labute approximate surface area is 67.2 Å².